The van der Waals surface area contributed by atoms with Crippen molar-refractivity contribution < 1.29 is 4.79 Å². The Balaban J connectivity index is 1.74. The summed E-state index contributed by atoms with van der Waals surface area (Å²) < 4.78 is 1.83. The van der Waals surface area contributed by atoms with Gasteiger partial charge in [0, 0.05) is 16.6 Å². The van der Waals surface area contributed by atoms with Crippen LogP contribution in [0.3, 0.4) is 0 Å². The van der Waals surface area contributed by atoms with Crippen LogP contribution in [-0.2, 0) is 0 Å². The lowest BCUT2D eigenvalue weighted by Gasteiger charge is -2.37. The number of halogens is 1. The van der Waals surface area contributed by atoms with Gasteiger partial charge in [-0.1, -0.05) is 48.0 Å². The molecule has 1 aliphatic rings. The van der Waals surface area contributed by atoms with E-state index in [0.29, 0.717) is 16.5 Å². The summed E-state index contributed by atoms with van der Waals surface area (Å²) >= 11 is 6.04. The van der Waals surface area contributed by atoms with Crippen molar-refractivity contribution in [1.29, 1.82) is 0 Å². The molecule has 126 valence electrons. The standard InChI is InChI=1S/C19H17ClN4O/c1-13-10-17(14-6-3-2-4-7-14)24-19(21-12-22-24)23(13)18(25)15-8-5-9-16(20)11-15/h2-9,11-13,17H,10H2,1H3/t13-,17+/m0/s1. The van der Waals surface area contributed by atoms with Crippen LogP contribution in [0.5, 0.6) is 0 Å². The van der Waals surface area contributed by atoms with E-state index in [2.05, 4.69) is 22.2 Å². The zero-order valence-electron chi connectivity index (χ0n) is 13.7. The van der Waals surface area contributed by atoms with Gasteiger partial charge in [-0.25, -0.2) is 4.68 Å². The molecule has 0 saturated heterocycles. The van der Waals surface area contributed by atoms with E-state index in [0.717, 1.165) is 12.0 Å². The first-order valence-corrected chi connectivity index (χ1v) is 8.56. The van der Waals surface area contributed by atoms with Crippen LogP contribution in [0.4, 0.5) is 5.95 Å². The predicted octanol–water partition coefficient (Wildman–Crippen LogP) is 3.96. The molecule has 3 aromatic rings. The Kier molecular flexibility index (Phi) is 4.01. The van der Waals surface area contributed by atoms with Crippen molar-refractivity contribution in [2.75, 3.05) is 4.90 Å². The van der Waals surface area contributed by atoms with E-state index in [4.69, 9.17) is 11.6 Å². The fourth-order valence-corrected chi connectivity index (χ4v) is 3.56. The van der Waals surface area contributed by atoms with Crippen LogP contribution in [0, 0.1) is 0 Å². The summed E-state index contributed by atoms with van der Waals surface area (Å²) in [6, 6.07) is 17.2. The van der Waals surface area contributed by atoms with Crippen molar-refractivity contribution in [1.82, 2.24) is 14.8 Å². The average Bonchev–Trinajstić information content (AvgIpc) is 3.10. The number of carbonyl (C=O) groups is 1. The summed E-state index contributed by atoms with van der Waals surface area (Å²) in [5.41, 5.74) is 1.71. The lowest BCUT2D eigenvalue weighted by Crippen LogP contribution is -2.46. The number of benzene rings is 2. The van der Waals surface area contributed by atoms with Crippen molar-refractivity contribution in [2.45, 2.75) is 25.4 Å². The minimum atomic E-state index is -0.115. The Bertz CT molecular complexity index is 909. The molecule has 0 saturated carbocycles. The maximum atomic E-state index is 13.1. The Hall–Kier alpha value is -2.66. The van der Waals surface area contributed by atoms with Crippen LogP contribution in [0.2, 0.25) is 5.02 Å². The minimum Gasteiger partial charge on any atom is -0.274 e. The summed E-state index contributed by atoms with van der Waals surface area (Å²) in [6.07, 6.45) is 2.27. The molecule has 2 atom stereocenters. The average molecular weight is 353 g/mol. The third-order valence-electron chi connectivity index (χ3n) is 4.54. The molecule has 4 rings (SSSR count). The van der Waals surface area contributed by atoms with Crippen LogP contribution in [0.25, 0.3) is 0 Å². The third kappa shape index (κ3) is 2.81. The van der Waals surface area contributed by atoms with Gasteiger partial charge in [0.25, 0.3) is 5.91 Å². The van der Waals surface area contributed by atoms with E-state index in [9.17, 15) is 4.79 Å². The lowest BCUT2D eigenvalue weighted by atomic mass is 9.97. The normalized spacial score (nSPS) is 19.5. The highest BCUT2D eigenvalue weighted by Gasteiger charge is 2.36. The maximum absolute atomic E-state index is 13.1. The minimum absolute atomic E-state index is 0.00612. The van der Waals surface area contributed by atoms with Gasteiger partial charge < -0.3 is 0 Å². The fourth-order valence-electron chi connectivity index (χ4n) is 3.37. The van der Waals surface area contributed by atoms with Gasteiger partial charge in [0.15, 0.2) is 0 Å². The first kappa shape index (κ1) is 15.8. The summed E-state index contributed by atoms with van der Waals surface area (Å²) in [5, 5.41) is 4.92. The number of hydrogen-bond donors (Lipinski definition) is 0. The van der Waals surface area contributed by atoms with Crippen molar-refractivity contribution in [3.05, 3.63) is 77.1 Å². The third-order valence-corrected chi connectivity index (χ3v) is 4.78. The zero-order chi connectivity index (χ0) is 17.4. The fraction of sp³-hybridized carbons (Fsp3) is 0.211. The smallest absolute Gasteiger partial charge is 0.260 e. The maximum Gasteiger partial charge on any atom is 0.260 e. The number of amides is 1. The molecule has 2 aromatic carbocycles. The molecule has 5 nitrogen and oxygen atoms in total. The highest BCUT2D eigenvalue weighted by atomic mass is 35.5. The van der Waals surface area contributed by atoms with Gasteiger partial charge in [0.2, 0.25) is 5.95 Å². The first-order chi connectivity index (χ1) is 12.1. The Labute approximate surface area is 150 Å². The van der Waals surface area contributed by atoms with Crippen LogP contribution in [-0.4, -0.2) is 26.7 Å². The van der Waals surface area contributed by atoms with E-state index >= 15 is 0 Å². The Morgan fingerprint density at radius 3 is 2.72 bits per heavy atom. The van der Waals surface area contributed by atoms with Gasteiger partial charge in [0.05, 0.1) is 6.04 Å². The highest BCUT2D eigenvalue weighted by molar-refractivity contribution is 6.31. The lowest BCUT2D eigenvalue weighted by molar-refractivity contribution is 0.0966. The summed E-state index contributed by atoms with van der Waals surface area (Å²) in [6.45, 7) is 2.04. The number of anilines is 1. The van der Waals surface area contributed by atoms with Crippen LogP contribution in [0.1, 0.15) is 35.3 Å². The number of carbonyl (C=O) groups excluding carboxylic acids is 1. The number of rotatable bonds is 2. The predicted molar refractivity (Wildman–Crippen MR) is 96.9 cm³/mol. The largest absolute Gasteiger partial charge is 0.274 e. The molecule has 0 N–H and O–H groups in total. The summed E-state index contributed by atoms with van der Waals surface area (Å²) in [7, 11) is 0. The second kappa shape index (κ2) is 6.33. The molecule has 1 aromatic heterocycles. The highest BCUT2D eigenvalue weighted by Crippen LogP contribution is 2.35. The van der Waals surface area contributed by atoms with E-state index < -0.39 is 0 Å². The molecular formula is C19H17ClN4O. The number of aromatic nitrogens is 3. The second-order valence-electron chi connectivity index (χ2n) is 6.20. The van der Waals surface area contributed by atoms with Gasteiger partial charge >= 0.3 is 0 Å². The number of nitrogens with zero attached hydrogens (tertiary/aromatic N) is 4. The molecule has 0 unspecified atom stereocenters. The van der Waals surface area contributed by atoms with Crippen molar-refractivity contribution >= 4 is 23.5 Å². The molecule has 6 heteroatoms. The topological polar surface area (TPSA) is 51.0 Å². The van der Waals surface area contributed by atoms with Gasteiger partial charge in [0.1, 0.15) is 6.33 Å². The molecule has 0 radical (unpaired) electrons. The molecule has 0 bridgehead atoms. The SMILES string of the molecule is C[C@H]1C[C@H](c2ccccc2)n2ncnc2N1C(=O)c1cccc(Cl)c1. The van der Waals surface area contributed by atoms with Crippen molar-refractivity contribution in [3.8, 4) is 0 Å². The van der Waals surface area contributed by atoms with E-state index in [-0.39, 0.29) is 18.0 Å². The molecule has 0 spiro atoms. The molecule has 1 amide bonds. The molecule has 25 heavy (non-hydrogen) atoms. The van der Waals surface area contributed by atoms with Crippen molar-refractivity contribution in [3.63, 3.8) is 0 Å². The van der Waals surface area contributed by atoms with Crippen molar-refractivity contribution in [2.24, 2.45) is 0 Å². The Morgan fingerprint density at radius 2 is 1.96 bits per heavy atom. The molecule has 1 aliphatic heterocycles. The number of fused-ring (bicyclic) bond motifs is 1. The quantitative estimate of drug-likeness (QED) is 0.701. The summed E-state index contributed by atoms with van der Waals surface area (Å²) in [5.74, 6) is 0.452. The van der Waals surface area contributed by atoms with E-state index in [1.165, 1.54) is 6.33 Å². The molecule has 2 heterocycles. The monoisotopic (exact) mass is 352 g/mol. The van der Waals surface area contributed by atoms with E-state index in [1.54, 1.807) is 29.2 Å². The van der Waals surface area contributed by atoms with Crippen LogP contribution < -0.4 is 4.90 Å². The zero-order valence-corrected chi connectivity index (χ0v) is 14.5. The number of hydrogen-bond acceptors (Lipinski definition) is 3. The molecule has 0 aliphatic carbocycles. The molecule has 0 fully saturated rings. The van der Waals surface area contributed by atoms with Gasteiger partial charge in [-0.2, -0.15) is 10.1 Å². The van der Waals surface area contributed by atoms with Crippen LogP contribution >= 0.6 is 11.6 Å². The van der Waals surface area contributed by atoms with Gasteiger partial charge in [-0.3, -0.25) is 9.69 Å². The summed E-state index contributed by atoms with van der Waals surface area (Å²) in [4.78, 5) is 19.1. The Morgan fingerprint density at radius 1 is 1.16 bits per heavy atom. The van der Waals surface area contributed by atoms with Gasteiger partial charge in [-0.05, 0) is 37.1 Å². The van der Waals surface area contributed by atoms with E-state index in [1.807, 2.05) is 29.8 Å². The van der Waals surface area contributed by atoms with Crippen LogP contribution in [0.15, 0.2) is 60.9 Å². The van der Waals surface area contributed by atoms with Gasteiger partial charge in [-0.15, -0.1) is 0 Å². The second-order valence-corrected chi connectivity index (χ2v) is 6.64. The molecular weight excluding hydrogens is 336 g/mol. The first-order valence-electron chi connectivity index (χ1n) is 8.18.